The third-order valence-corrected chi connectivity index (χ3v) is 2.16. The van der Waals surface area contributed by atoms with Crippen molar-refractivity contribution in [2.75, 3.05) is 0 Å². The Labute approximate surface area is 99.4 Å². The van der Waals surface area contributed by atoms with Gasteiger partial charge in [-0.05, 0) is 18.2 Å². The number of hydrogen-bond acceptors (Lipinski definition) is 3. The summed E-state index contributed by atoms with van der Waals surface area (Å²) in [7, 11) is 0. The molecular weight excluding hydrogens is 212 g/mol. The van der Waals surface area contributed by atoms with Crippen molar-refractivity contribution < 1.29 is 5.21 Å². The van der Waals surface area contributed by atoms with Crippen LogP contribution >= 0.6 is 0 Å². The molecule has 0 aliphatic carbocycles. The Morgan fingerprint density at radius 3 is 2.71 bits per heavy atom. The molecule has 0 amide bonds. The van der Waals surface area contributed by atoms with Gasteiger partial charge in [-0.3, -0.25) is 4.98 Å². The molecule has 0 fully saturated rings. The lowest BCUT2D eigenvalue weighted by Crippen LogP contribution is -1.89. The van der Waals surface area contributed by atoms with Crippen LogP contribution in [0.5, 0.6) is 0 Å². The fraction of sp³-hybridized carbons (Fsp3) is 0. The molecule has 0 saturated heterocycles. The summed E-state index contributed by atoms with van der Waals surface area (Å²) in [5.41, 5.74) is 2.41. The summed E-state index contributed by atoms with van der Waals surface area (Å²) in [4.78, 5) is 3.95. The Balaban J connectivity index is 2.34. The first kappa shape index (κ1) is 10.9. The van der Waals surface area contributed by atoms with Crippen LogP contribution in [-0.2, 0) is 0 Å². The van der Waals surface area contributed by atoms with Gasteiger partial charge in [0.15, 0.2) is 0 Å². The fourth-order valence-electron chi connectivity index (χ4n) is 1.35. The van der Waals surface area contributed by atoms with Crippen molar-refractivity contribution in [2.24, 2.45) is 5.16 Å². The Morgan fingerprint density at radius 1 is 1.12 bits per heavy atom. The molecule has 1 N–H and O–H groups in total. The minimum atomic E-state index is 0.693. The molecule has 2 aromatic rings. The fourth-order valence-corrected chi connectivity index (χ4v) is 1.35. The highest BCUT2D eigenvalue weighted by atomic mass is 16.4. The Kier molecular flexibility index (Phi) is 3.51. The minimum absolute atomic E-state index is 0.693. The molecule has 1 aromatic carbocycles. The van der Waals surface area contributed by atoms with Gasteiger partial charge >= 0.3 is 0 Å². The second-order valence-corrected chi connectivity index (χ2v) is 3.32. The lowest BCUT2D eigenvalue weighted by atomic mass is 10.1. The van der Waals surface area contributed by atoms with E-state index in [1.54, 1.807) is 18.5 Å². The first-order valence-electron chi connectivity index (χ1n) is 5.08. The summed E-state index contributed by atoms with van der Waals surface area (Å²) in [5.74, 6) is 6.06. The third-order valence-electron chi connectivity index (χ3n) is 2.16. The summed E-state index contributed by atoms with van der Waals surface area (Å²) >= 11 is 0. The summed E-state index contributed by atoms with van der Waals surface area (Å²) in [6.45, 7) is 0. The van der Waals surface area contributed by atoms with E-state index in [-0.39, 0.29) is 0 Å². The number of pyridine rings is 1. The molecule has 82 valence electrons. The maximum Gasteiger partial charge on any atom is 0.0761 e. The van der Waals surface area contributed by atoms with Gasteiger partial charge in [-0.1, -0.05) is 35.2 Å². The normalized spacial score (nSPS) is 9.88. The molecular formula is C14H10N2O. The maximum atomic E-state index is 8.52. The van der Waals surface area contributed by atoms with Gasteiger partial charge in [0, 0.05) is 29.1 Å². The third kappa shape index (κ3) is 2.93. The first-order valence-corrected chi connectivity index (χ1v) is 5.08. The number of benzene rings is 1. The van der Waals surface area contributed by atoms with Crippen molar-refractivity contribution in [3.05, 3.63) is 65.5 Å². The Hall–Kier alpha value is -2.60. The van der Waals surface area contributed by atoms with E-state index < -0.39 is 0 Å². The Morgan fingerprint density at radius 2 is 1.94 bits per heavy atom. The Bertz CT molecular complexity index is 580. The second kappa shape index (κ2) is 5.47. The van der Waals surface area contributed by atoms with Gasteiger partial charge in [-0.2, -0.15) is 0 Å². The predicted octanol–water partition coefficient (Wildman–Crippen LogP) is 2.29. The average molecular weight is 222 g/mol. The minimum Gasteiger partial charge on any atom is -0.411 e. The van der Waals surface area contributed by atoms with Crippen LogP contribution in [0.1, 0.15) is 16.7 Å². The highest BCUT2D eigenvalue weighted by molar-refractivity contribution is 5.82. The summed E-state index contributed by atoms with van der Waals surface area (Å²) < 4.78 is 0. The number of hydrogen-bond donors (Lipinski definition) is 1. The average Bonchev–Trinajstić information content (AvgIpc) is 2.39. The summed E-state index contributed by atoms with van der Waals surface area (Å²) in [6, 6.07) is 11.5. The van der Waals surface area contributed by atoms with Crippen molar-refractivity contribution in [3.8, 4) is 11.8 Å². The molecule has 0 aliphatic heterocycles. The van der Waals surface area contributed by atoms with E-state index in [1.165, 1.54) is 6.21 Å². The van der Waals surface area contributed by atoms with E-state index in [0.717, 1.165) is 11.1 Å². The molecule has 0 aliphatic rings. The van der Waals surface area contributed by atoms with Crippen LogP contribution in [0, 0.1) is 11.8 Å². The molecule has 0 radical (unpaired) electrons. The molecule has 17 heavy (non-hydrogen) atoms. The predicted molar refractivity (Wildman–Crippen MR) is 66.0 cm³/mol. The van der Waals surface area contributed by atoms with Crippen molar-refractivity contribution in [2.45, 2.75) is 0 Å². The molecule has 3 heteroatoms. The molecule has 0 atom stereocenters. The van der Waals surface area contributed by atoms with Gasteiger partial charge in [-0.15, -0.1) is 0 Å². The van der Waals surface area contributed by atoms with Crippen molar-refractivity contribution in [1.29, 1.82) is 0 Å². The zero-order valence-electron chi connectivity index (χ0n) is 9.04. The van der Waals surface area contributed by atoms with Crippen molar-refractivity contribution >= 4 is 6.21 Å². The van der Waals surface area contributed by atoms with Gasteiger partial charge < -0.3 is 5.21 Å². The van der Waals surface area contributed by atoms with E-state index in [0.29, 0.717) is 5.56 Å². The molecule has 0 unspecified atom stereocenters. The van der Waals surface area contributed by atoms with E-state index in [4.69, 9.17) is 5.21 Å². The van der Waals surface area contributed by atoms with E-state index in [9.17, 15) is 0 Å². The van der Waals surface area contributed by atoms with Crippen LogP contribution in [0.4, 0.5) is 0 Å². The van der Waals surface area contributed by atoms with Crippen LogP contribution in [0.2, 0.25) is 0 Å². The van der Waals surface area contributed by atoms with Gasteiger partial charge in [0.05, 0.1) is 6.21 Å². The van der Waals surface area contributed by atoms with Gasteiger partial charge in [0.25, 0.3) is 0 Å². The monoisotopic (exact) mass is 222 g/mol. The van der Waals surface area contributed by atoms with Crippen LogP contribution in [0.15, 0.2) is 53.9 Å². The van der Waals surface area contributed by atoms with E-state index >= 15 is 0 Å². The summed E-state index contributed by atoms with van der Waals surface area (Å²) in [6.07, 6.45) is 4.58. The molecule has 0 bridgehead atoms. The van der Waals surface area contributed by atoms with Crippen LogP contribution in [0.3, 0.4) is 0 Å². The van der Waals surface area contributed by atoms with Crippen molar-refractivity contribution in [1.82, 2.24) is 4.98 Å². The lowest BCUT2D eigenvalue weighted by molar-refractivity contribution is 0.322. The first-order chi connectivity index (χ1) is 8.40. The maximum absolute atomic E-state index is 8.52. The van der Waals surface area contributed by atoms with Gasteiger partial charge in [0.2, 0.25) is 0 Å². The van der Waals surface area contributed by atoms with Gasteiger partial charge in [-0.25, -0.2) is 0 Å². The smallest absolute Gasteiger partial charge is 0.0761 e. The molecule has 1 heterocycles. The topological polar surface area (TPSA) is 45.5 Å². The second-order valence-electron chi connectivity index (χ2n) is 3.32. The molecule has 0 saturated carbocycles. The lowest BCUT2D eigenvalue weighted by Gasteiger charge is -1.95. The van der Waals surface area contributed by atoms with E-state index in [1.807, 2.05) is 30.3 Å². The quantitative estimate of drug-likeness (QED) is 0.348. The van der Waals surface area contributed by atoms with Crippen LogP contribution in [-0.4, -0.2) is 16.4 Å². The largest absolute Gasteiger partial charge is 0.411 e. The highest BCUT2D eigenvalue weighted by Gasteiger charge is 1.95. The number of aromatic nitrogens is 1. The van der Waals surface area contributed by atoms with Crippen molar-refractivity contribution in [3.63, 3.8) is 0 Å². The molecule has 0 spiro atoms. The number of rotatable bonds is 1. The van der Waals surface area contributed by atoms with Crippen LogP contribution in [0.25, 0.3) is 0 Å². The zero-order chi connectivity index (χ0) is 11.9. The van der Waals surface area contributed by atoms with Crippen LogP contribution < -0.4 is 0 Å². The molecule has 2 rings (SSSR count). The highest BCUT2D eigenvalue weighted by Crippen LogP contribution is 2.03. The summed E-state index contributed by atoms with van der Waals surface area (Å²) in [5, 5.41) is 11.5. The SMILES string of the molecule is O/N=C/c1cnccc1C#Cc1ccccc1. The zero-order valence-corrected chi connectivity index (χ0v) is 9.04. The molecule has 1 aromatic heterocycles. The molecule has 3 nitrogen and oxygen atoms in total. The standard InChI is InChI=1S/C14H10N2O/c17-16-11-14-10-15-9-8-13(14)7-6-12-4-2-1-3-5-12/h1-5,8-11,17H/b16-11+. The van der Waals surface area contributed by atoms with E-state index in [2.05, 4.69) is 22.0 Å². The number of nitrogens with zero attached hydrogens (tertiary/aromatic N) is 2. The number of oxime groups is 1. The van der Waals surface area contributed by atoms with Gasteiger partial charge in [0.1, 0.15) is 0 Å².